The fourth-order valence-corrected chi connectivity index (χ4v) is 2.51. The van der Waals surface area contributed by atoms with E-state index in [0.29, 0.717) is 6.54 Å². The second kappa shape index (κ2) is 6.12. The van der Waals surface area contributed by atoms with Gasteiger partial charge in [0, 0.05) is 25.5 Å². The molecule has 1 aliphatic rings. The summed E-state index contributed by atoms with van der Waals surface area (Å²) in [5, 5.41) is 13.8. The quantitative estimate of drug-likeness (QED) is 0.785. The third kappa shape index (κ3) is 4.10. The van der Waals surface area contributed by atoms with Crippen LogP contribution < -0.4 is 5.32 Å². The van der Waals surface area contributed by atoms with Gasteiger partial charge in [0.05, 0.1) is 5.60 Å². The van der Waals surface area contributed by atoms with Crippen molar-refractivity contribution >= 4 is 0 Å². The maximum atomic E-state index is 10.5. The highest BCUT2D eigenvalue weighted by Crippen LogP contribution is 2.26. The molecule has 1 aliphatic carbocycles. The third-order valence-electron chi connectivity index (χ3n) is 3.54. The summed E-state index contributed by atoms with van der Waals surface area (Å²) < 4.78 is 0. The molecule has 0 unspecified atom stereocenters. The van der Waals surface area contributed by atoms with E-state index in [4.69, 9.17) is 0 Å². The van der Waals surface area contributed by atoms with Gasteiger partial charge in [-0.25, -0.2) is 0 Å². The fourth-order valence-electron chi connectivity index (χ4n) is 2.51. The van der Waals surface area contributed by atoms with Gasteiger partial charge in [0.15, 0.2) is 0 Å². The third-order valence-corrected chi connectivity index (χ3v) is 3.54. The maximum absolute atomic E-state index is 10.5. The molecule has 1 fully saturated rings. The number of nitrogens with one attached hydrogen (secondary N) is 1. The molecule has 1 saturated carbocycles. The van der Waals surface area contributed by atoms with Crippen LogP contribution in [0.5, 0.6) is 0 Å². The molecule has 0 radical (unpaired) electrons. The summed E-state index contributed by atoms with van der Waals surface area (Å²) in [4.78, 5) is 4.08. The van der Waals surface area contributed by atoms with Crippen molar-refractivity contribution in [2.75, 3.05) is 6.54 Å². The molecular formula is C14H22N2O. The second-order valence-corrected chi connectivity index (χ2v) is 5.10. The molecule has 0 atom stereocenters. The molecule has 1 heterocycles. The van der Waals surface area contributed by atoms with Gasteiger partial charge in [-0.3, -0.25) is 4.98 Å². The van der Waals surface area contributed by atoms with Crippen LogP contribution in [-0.2, 0) is 6.54 Å². The van der Waals surface area contributed by atoms with Gasteiger partial charge in [-0.2, -0.15) is 0 Å². The molecular weight excluding hydrogens is 212 g/mol. The summed E-state index contributed by atoms with van der Waals surface area (Å²) in [5.74, 6) is 0. The van der Waals surface area contributed by atoms with Crippen LogP contribution in [0.15, 0.2) is 24.5 Å². The fraction of sp³-hybridized carbons (Fsp3) is 0.643. The van der Waals surface area contributed by atoms with E-state index >= 15 is 0 Å². The predicted molar refractivity (Wildman–Crippen MR) is 68.6 cm³/mol. The standard InChI is InChI=1S/C14H22N2O/c17-14(7-3-1-2-4-8-14)12-16-11-13-6-5-9-15-10-13/h5-6,9-10,16-17H,1-4,7-8,11-12H2. The van der Waals surface area contributed by atoms with Gasteiger partial charge >= 0.3 is 0 Å². The number of pyridine rings is 1. The lowest BCUT2D eigenvalue weighted by molar-refractivity contribution is 0.0250. The molecule has 0 bridgehead atoms. The Labute approximate surface area is 103 Å². The Morgan fingerprint density at radius 1 is 1.24 bits per heavy atom. The van der Waals surface area contributed by atoms with E-state index in [1.54, 1.807) is 6.20 Å². The Morgan fingerprint density at radius 3 is 2.65 bits per heavy atom. The monoisotopic (exact) mass is 234 g/mol. The molecule has 3 heteroatoms. The number of rotatable bonds is 4. The first kappa shape index (κ1) is 12.5. The van der Waals surface area contributed by atoms with E-state index in [0.717, 1.165) is 32.2 Å². The highest BCUT2D eigenvalue weighted by molar-refractivity contribution is 5.07. The van der Waals surface area contributed by atoms with Crippen molar-refractivity contribution in [3.05, 3.63) is 30.1 Å². The molecule has 17 heavy (non-hydrogen) atoms. The van der Waals surface area contributed by atoms with Crippen LogP contribution in [0, 0.1) is 0 Å². The first-order valence-corrected chi connectivity index (χ1v) is 6.61. The first-order chi connectivity index (χ1) is 8.29. The Morgan fingerprint density at radius 2 is 2.00 bits per heavy atom. The van der Waals surface area contributed by atoms with Crippen molar-refractivity contribution in [2.45, 2.75) is 50.7 Å². The SMILES string of the molecule is OC1(CNCc2cccnc2)CCCCCC1. The van der Waals surface area contributed by atoms with E-state index in [1.165, 1.54) is 18.4 Å². The van der Waals surface area contributed by atoms with E-state index < -0.39 is 5.60 Å². The molecule has 94 valence electrons. The molecule has 0 aromatic carbocycles. The van der Waals surface area contributed by atoms with Crippen molar-refractivity contribution in [1.29, 1.82) is 0 Å². The largest absolute Gasteiger partial charge is 0.389 e. The van der Waals surface area contributed by atoms with Crippen LogP contribution >= 0.6 is 0 Å². The van der Waals surface area contributed by atoms with E-state index in [9.17, 15) is 5.11 Å². The van der Waals surface area contributed by atoms with Crippen LogP contribution in [0.25, 0.3) is 0 Å². The zero-order chi connectivity index (χ0) is 12.0. The van der Waals surface area contributed by atoms with Crippen LogP contribution in [-0.4, -0.2) is 22.2 Å². The Balaban J connectivity index is 1.77. The van der Waals surface area contributed by atoms with Crippen molar-refractivity contribution in [3.63, 3.8) is 0 Å². The highest BCUT2D eigenvalue weighted by atomic mass is 16.3. The van der Waals surface area contributed by atoms with Crippen LogP contribution in [0.4, 0.5) is 0 Å². The van der Waals surface area contributed by atoms with Crippen molar-refractivity contribution in [1.82, 2.24) is 10.3 Å². The minimum absolute atomic E-state index is 0.487. The minimum Gasteiger partial charge on any atom is -0.389 e. The second-order valence-electron chi connectivity index (χ2n) is 5.10. The molecule has 2 rings (SSSR count). The van der Waals surface area contributed by atoms with E-state index in [1.807, 2.05) is 12.3 Å². The molecule has 1 aromatic rings. The summed E-state index contributed by atoms with van der Waals surface area (Å²) in [6.45, 7) is 1.48. The topological polar surface area (TPSA) is 45.1 Å². The predicted octanol–water partition coefficient (Wildman–Crippen LogP) is 2.26. The van der Waals surface area contributed by atoms with Gasteiger partial charge in [0.25, 0.3) is 0 Å². The van der Waals surface area contributed by atoms with Gasteiger partial charge in [-0.1, -0.05) is 31.7 Å². The molecule has 0 saturated heterocycles. The Hall–Kier alpha value is -0.930. The Kier molecular flexibility index (Phi) is 4.51. The number of aliphatic hydroxyl groups is 1. The molecule has 2 N–H and O–H groups in total. The maximum Gasteiger partial charge on any atom is 0.0771 e. The summed E-state index contributed by atoms with van der Waals surface area (Å²) in [7, 11) is 0. The number of aromatic nitrogens is 1. The van der Waals surface area contributed by atoms with Crippen LogP contribution in [0.1, 0.15) is 44.1 Å². The lowest BCUT2D eigenvalue weighted by Gasteiger charge is -2.26. The average Bonchev–Trinajstić information content (AvgIpc) is 2.56. The highest BCUT2D eigenvalue weighted by Gasteiger charge is 2.27. The van der Waals surface area contributed by atoms with Gasteiger partial charge in [0.1, 0.15) is 0 Å². The first-order valence-electron chi connectivity index (χ1n) is 6.61. The lowest BCUT2D eigenvalue weighted by atomic mass is 9.94. The van der Waals surface area contributed by atoms with Crippen LogP contribution in [0.3, 0.4) is 0 Å². The van der Waals surface area contributed by atoms with Gasteiger partial charge in [-0.05, 0) is 24.5 Å². The summed E-state index contributed by atoms with van der Waals surface area (Å²) in [5.41, 5.74) is 0.684. The normalized spacial score (nSPS) is 19.8. The zero-order valence-corrected chi connectivity index (χ0v) is 10.4. The molecule has 0 spiro atoms. The summed E-state index contributed by atoms with van der Waals surface area (Å²) >= 11 is 0. The van der Waals surface area contributed by atoms with Crippen molar-refractivity contribution in [2.24, 2.45) is 0 Å². The summed E-state index contributed by atoms with van der Waals surface area (Å²) in [6.07, 6.45) is 10.4. The molecule has 0 aliphatic heterocycles. The van der Waals surface area contributed by atoms with E-state index in [2.05, 4.69) is 16.4 Å². The molecule has 3 nitrogen and oxygen atoms in total. The molecule has 0 amide bonds. The average molecular weight is 234 g/mol. The summed E-state index contributed by atoms with van der Waals surface area (Å²) in [6, 6.07) is 3.99. The lowest BCUT2D eigenvalue weighted by Crippen LogP contribution is -2.39. The number of nitrogens with zero attached hydrogens (tertiary/aromatic N) is 1. The van der Waals surface area contributed by atoms with Crippen molar-refractivity contribution in [3.8, 4) is 0 Å². The van der Waals surface area contributed by atoms with Crippen LogP contribution in [0.2, 0.25) is 0 Å². The van der Waals surface area contributed by atoms with Gasteiger partial charge in [-0.15, -0.1) is 0 Å². The smallest absolute Gasteiger partial charge is 0.0771 e. The Bertz CT molecular complexity index is 318. The molecule has 1 aromatic heterocycles. The minimum atomic E-state index is -0.487. The van der Waals surface area contributed by atoms with Gasteiger partial charge in [0.2, 0.25) is 0 Å². The van der Waals surface area contributed by atoms with Gasteiger partial charge < -0.3 is 10.4 Å². The van der Waals surface area contributed by atoms with E-state index in [-0.39, 0.29) is 0 Å². The zero-order valence-electron chi connectivity index (χ0n) is 10.4. The number of hydrogen-bond donors (Lipinski definition) is 2. The number of hydrogen-bond acceptors (Lipinski definition) is 3. The van der Waals surface area contributed by atoms with Crippen molar-refractivity contribution < 1.29 is 5.11 Å².